The summed E-state index contributed by atoms with van der Waals surface area (Å²) in [7, 11) is 0. The molecular formula is C16H18FN3O2. The SMILES string of the molecule is Cc1nccc(C(=O)NCCCCOc2ccc(F)cc2)n1. The third kappa shape index (κ3) is 5.12. The van der Waals surface area contributed by atoms with Crippen LogP contribution in [0.1, 0.15) is 29.2 Å². The Morgan fingerprint density at radius 1 is 1.23 bits per heavy atom. The molecule has 0 aliphatic rings. The first-order valence-corrected chi connectivity index (χ1v) is 7.11. The van der Waals surface area contributed by atoms with Gasteiger partial charge in [-0.1, -0.05) is 0 Å². The van der Waals surface area contributed by atoms with Crippen LogP contribution in [0.4, 0.5) is 4.39 Å². The largest absolute Gasteiger partial charge is 0.494 e. The molecule has 0 atom stereocenters. The number of nitrogens with one attached hydrogen (secondary N) is 1. The number of amides is 1. The van der Waals surface area contributed by atoms with Crippen molar-refractivity contribution in [3.63, 3.8) is 0 Å². The van der Waals surface area contributed by atoms with Crippen molar-refractivity contribution in [3.05, 3.63) is 53.9 Å². The molecule has 0 aliphatic heterocycles. The van der Waals surface area contributed by atoms with Crippen molar-refractivity contribution >= 4 is 5.91 Å². The molecule has 1 aromatic heterocycles. The monoisotopic (exact) mass is 303 g/mol. The smallest absolute Gasteiger partial charge is 0.270 e. The summed E-state index contributed by atoms with van der Waals surface area (Å²) in [4.78, 5) is 19.8. The van der Waals surface area contributed by atoms with Crippen LogP contribution in [0.2, 0.25) is 0 Å². The van der Waals surface area contributed by atoms with Gasteiger partial charge in [0.25, 0.3) is 5.91 Å². The molecule has 22 heavy (non-hydrogen) atoms. The number of carbonyl (C=O) groups excluding carboxylic acids is 1. The van der Waals surface area contributed by atoms with Gasteiger partial charge in [0.2, 0.25) is 0 Å². The lowest BCUT2D eigenvalue weighted by Gasteiger charge is -2.07. The number of carbonyl (C=O) groups is 1. The second kappa shape index (κ2) is 8.07. The summed E-state index contributed by atoms with van der Waals surface area (Å²) in [5.41, 5.74) is 0.370. The fraction of sp³-hybridized carbons (Fsp3) is 0.312. The Bertz CT molecular complexity index is 617. The van der Waals surface area contributed by atoms with Crippen LogP contribution in [0.3, 0.4) is 0 Å². The highest BCUT2D eigenvalue weighted by atomic mass is 19.1. The highest BCUT2D eigenvalue weighted by Gasteiger charge is 2.06. The van der Waals surface area contributed by atoms with Gasteiger partial charge in [0.05, 0.1) is 6.61 Å². The second-order valence-electron chi connectivity index (χ2n) is 4.75. The van der Waals surface area contributed by atoms with E-state index < -0.39 is 0 Å². The van der Waals surface area contributed by atoms with Gasteiger partial charge in [0.15, 0.2) is 0 Å². The zero-order valence-electron chi connectivity index (χ0n) is 12.4. The number of aromatic nitrogens is 2. The molecule has 0 saturated carbocycles. The quantitative estimate of drug-likeness (QED) is 0.798. The molecule has 0 bridgehead atoms. The van der Waals surface area contributed by atoms with Crippen LogP contribution in [-0.4, -0.2) is 29.0 Å². The maximum Gasteiger partial charge on any atom is 0.270 e. The highest BCUT2D eigenvalue weighted by Crippen LogP contribution is 2.11. The zero-order chi connectivity index (χ0) is 15.8. The average molecular weight is 303 g/mol. The van der Waals surface area contributed by atoms with Crippen molar-refractivity contribution in [1.82, 2.24) is 15.3 Å². The van der Waals surface area contributed by atoms with E-state index in [9.17, 15) is 9.18 Å². The highest BCUT2D eigenvalue weighted by molar-refractivity contribution is 5.92. The summed E-state index contributed by atoms with van der Waals surface area (Å²) in [6.45, 7) is 2.81. The summed E-state index contributed by atoms with van der Waals surface area (Å²) >= 11 is 0. The van der Waals surface area contributed by atoms with Gasteiger partial charge in [0, 0.05) is 12.7 Å². The van der Waals surface area contributed by atoms with E-state index >= 15 is 0 Å². The zero-order valence-corrected chi connectivity index (χ0v) is 12.4. The van der Waals surface area contributed by atoms with E-state index in [4.69, 9.17) is 4.74 Å². The molecule has 1 heterocycles. The Labute approximate surface area is 128 Å². The Morgan fingerprint density at radius 2 is 2.00 bits per heavy atom. The maximum atomic E-state index is 12.7. The molecule has 0 aliphatic carbocycles. The van der Waals surface area contributed by atoms with Crippen molar-refractivity contribution in [1.29, 1.82) is 0 Å². The molecule has 0 spiro atoms. The van der Waals surface area contributed by atoms with Crippen molar-refractivity contribution in [2.45, 2.75) is 19.8 Å². The van der Waals surface area contributed by atoms with E-state index in [1.807, 2.05) is 0 Å². The van der Waals surface area contributed by atoms with Gasteiger partial charge in [-0.15, -0.1) is 0 Å². The number of benzene rings is 1. The number of nitrogens with zero attached hydrogens (tertiary/aromatic N) is 2. The molecule has 1 amide bonds. The Hall–Kier alpha value is -2.50. The summed E-state index contributed by atoms with van der Waals surface area (Å²) in [6.07, 6.45) is 3.14. The van der Waals surface area contributed by atoms with E-state index in [1.54, 1.807) is 31.3 Å². The van der Waals surface area contributed by atoms with Crippen LogP contribution in [0, 0.1) is 12.7 Å². The lowest BCUT2D eigenvalue weighted by molar-refractivity contribution is 0.0947. The standard InChI is InChI=1S/C16H18FN3O2/c1-12-18-10-8-15(20-12)16(21)19-9-2-3-11-22-14-6-4-13(17)5-7-14/h4-8,10H,2-3,9,11H2,1H3,(H,19,21). The predicted molar refractivity (Wildman–Crippen MR) is 80.2 cm³/mol. The fourth-order valence-corrected chi connectivity index (χ4v) is 1.82. The Morgan fingerprint density at radius 3 is 2.73 bits per heavy atom. The lowest BCUT2D eigenvalue weighted by atomic mass is 10.3. The number of ether oxygens (including phenoxy) is 1. The molecule has 1 aromatic carbocycles. The van der Waals surface area contributed by atoms with Gasteiger partial charge < -0.3 is 10.1 Å². The third-order valence-corrected chi connectivity index (χ3v) is 2.95. The molecule has 6 heteroatoms. The van der Waals surface area contributed by atoms with Crippen LogP contribution in [0.5, 0.6) is 5.75 Å². The van der Waals surface area contributed by atoms with Gasteiger partial charge in [-0.25, -0.2) is 14.4 Å². The minimum Gasteiger partial charge on any atom is -0.494 e. The molecule has 5 nitrogen and oxygen atoms in total. The second-order valence-corrected chi connectivity index (χ2v) is 4.75. The lowest BCUT2D eigenvalue weighted by Crippen LogP contribution is -2.25. The van der Waals surface area contributed by atoms with Gasteiger partial charge in [-0.3, -0.25) is 4.79 Å². The van der Waals surface area contributed by atoms with Crippen molar-refractivity contribution in [2.24, 2.45) is 0 Å². The number of hydrogen-bond acceptors (Lipinski definition) is 4. The van der Waals surface area contributed by atoms with E-state index in [-0.39, 0.29) is 11.7 Å². The summed E-state index contributed by atoms with van der Waals surface area (Å²) < 4.78 is 18.2. The number of unbranched alkanes of at least 4 members (excludes halogenated alkanes) is 1. The predicted octanol–water partition coefficient (Wildman–Crippen LogP) is 2.51. The van der Waals surface area contributed by atoms with Crippen molar-refractivity contribution in [3.8, 4) is 5.75 Å². The summed E-state index contributed by atoms with van der Waals surface area (Å²) in [5.74, 6) is 0.724. The van der Waals surface area contributed by atoms with Crippen LogP contribution >= 0.6 is 0 Å². The summed E-state index contributed by atoms with van der Waals surface area (Å²) in [6, 6.07) is 7.49. The number of halogens is 1. The van der Waals surface area contributed by atoms with Gasteiger partial charge >= 0.3 is 0 Å². The van der Waals surface area contributed by atoms with Crippen LogP contribution in [0.25, 0.3) is 0 Å². The van der Waals surface area contributed by atoms with E-state index in [2.05, 4.69) is 15.3 Å². The molecule has 2 aromatic rings. The van der Waals surface area contributed by atoms with Crippen LogP contribution in [0.15, 0.2) is 36.5 Å². The molecule has 0 unspecified atom stereocenters. The van der Waals surface area contributed by atoms with Crippen LogP contribution in [-0.2, 0) is 0 Å². The van der Waals surface area contributed by atoms with Crippen molar-refractivity contribution < 1.29 is 13.9 Å². The Balaban J connectivity index is 1.61. The van der Waals surface area contributed by atoms with Gasteiger partial charge in [0.1, 0.15) is 23.1 Å². The van der Waals surface area contributed by atoms with E-state index in [1.165, 1.54) is 12.1 Å². The number of aryl methyl sites for hydroxylation is 1. The molecule has 1 N–H and O–H groups in total. The number of rotatable bonds is 7. The van der Waals surface area contributed by atoms with Crippen molar-refractivity contribution in [2.75, 3.05) is 13.2 Å². The normalized spacial score (nSPS) is 10.3. The molecule has 0 fully saturated rings. The first-order chi connectivity index (χ1) is 10.6. The number of hydrogen-bond donors (Lipinski definition) is 1. The van der Waals surface area contributed by atoms with Crippen LogP contribution < -0.4 is 10.1 Å². The molecule has 0 radical (unpaired) electrons. The average Bonchev–Trinajstić information content (AvgIpc) is 2.52. The van der Waals surface area contributed by atoms with E-state index in [0.29, 0.717) is 30.4 Å². The first-order valence-electron chi connectivity index (χ1n) is 7.11. The molecule has 2 rings (SSSR count). The van der Waals surface area contributed by atoms with Gasteiger partial charge in [-0.2, -0.15) is 0 Å². The fourth-order valence-electron chi connectivity index (χ4n) is 1.82. The van der Waals surface area contributed by atoms with E-state index in [0.717, 1.165) is 12.8 Å². The van der Waals surface area contributed by atoms with Gasteiger partial charge in [-0.05, 0) is 50.1 Å². The molecular weight excluding hydrogens is 285 g/mol. The minimum absolute atomic E-state index is 0.204. The Kier molecular flexibility index (Phi) is 5.82. The third-order valence-electron chi connectivity index (χ3n) is 2.95. The summed E-state index contributed by atoms with van der Waals surface area (Å²) in [5, 5.41) is 2.80. The maximum absolute atomic E-state index is 12.7. The molecule has 0 saturated heterocycles. The molecule has 116 valence electrons. The topological polar surface area (TPSA) is 64.1 Å². The first kappa shape index (κ1) is 15.9. The minimum atomic E-state index is -0.282.